The third-order valence-electron chi connectivity index (χ3n) is 5.40. The molecule has 0 saturated heterocycles. The lowest BCUT2D eigenvalue weighted by atomic mass is 10.0. The number of carboxylic acid groups (broad SMARTS) is 2. The first-order valence-corrected chi connectivity index (χ1v) is 10.7. The summed E-state index contributed by atoms with van der Waals surface area (Å²) in [5.41, 5.74) is 2.81. The summed E-state index contributed by atoms with van der Waals surface area (Å²) in [5, 5.41) is 31.5. The van der Waals surface area contributed by atoms with Crippen molar-refractivity contribution < 1.29 is 29.7 Å². The second-order valence-corrected chi connectivity index (χ2v) is 7.97. The lowest BCUT2D eigenvalue weighted by Crippen LogP contribution is -2.48. The molecule has 1 amide bonds. The van der Waals surface area contributed by atoms with Crippen LogP contribution in [0.15, 0.2) is 42.5 Å². The minimum absolute atomic E-state index is 0.124. The van der Waals surface area contributed by atoms with E-state index >= 15 is 0 Å². The highest BCUT2D eigenvalue weighted by atomic mass is 16.4. The molecule has 1 heterocycles. The Kier molecular flexibility index (Phi) is 7.44. The van der Waals surface area contributed by atoms with Crippen LogP contribution >= 0.6 is 0 Å². The van der Waals surface area contributed by atoms with E-state index < -0.39 is 30.0 Å². The zero-order chi connectivity index (χ0) is 24.1. The van der Waals surface area contributed by atoms with Crippen LogP contribution in [0.3, 0.4) is 0 Å². The van der Waals surface area contributed by atoms with Crippen LogP contribution in [0, 0.1) is 6.92 Å². The fourth-order valence-corrected chi connectivity index (χ4v) is 3.83. The van der Waals surface area contributed by atoms with Crippen molar-refractivity contribution in [2.24, 2.45) is 0 Å². The van der Waals surface area contributed by atoms with Crippen molar-refractivity contribution in [3.05, 3.63) is 65.0 Å². The van der Waals surface area contributed by atoms with Gasteiger partial charge in [0.2, 0.25) is 0 Å². The van der Waals surface area contributed by atoms with E-state index in [0.29, 0.717) is 28.8 Å². The van der Waals surface area contributed by atoms with E-state index in [2.05, 4.69) is 10.3 Å². The summed E-state index contributed by atoms with van der Waals surface area (Å²) in [7, 11) is 0. The van der Waals surface area contributed by atoms with Crippen molar-refractivity contribution in [3.63, 3.8) is 0 Å². The van der Waals surface area contributed by atoms with Crippen LogP contribution in [0.4, 0.5) is 0 Å². The molecular weight excluding hydrogens is 426 g/mol. The molecule has 1 aromatic heterocycles. The van der Waals surface area contributed by atoms with E-state index in [-0.39, 0.29) is 18.5 Å². The van der Waals surface area contributed by atoms with Crippen LogP contribution in [0.25, 0.3) is 11.0 Å². The number of carbonyl (C=O) groups is 3. The number of carboxylic acids is 2. The summed E-state index contributed by atoms with van der Waals surface area (Å²) in [6.45, 7) is 3.46. The van der Waals surface area contributed by atoms with Crippen LogP contribution in [0.1, 0.15) is 40.7 Å². The van der Waals surface area contributed by atoms with Gasteiger partial charge < -0.3 is 25.2 Å². The largest absolute Gasteiger partial charge is 0.480 e. The Morgan fingerprint density at radius 2 is 1.82 bits per heavy atom. The molecule has 3 aromatic rings. The summed E-state index contributed by atoms with van der Waals surface area (Å²) in [4.78, 5) is 40.5. The maximum atomic E-state index is 13.1. The van der Waals surface area contributed by atoms with E-state index in [1.165, 1.54) is 0 Å². The topological polar surface area (TPSA) is 142 Å². The minimum atomic E-state index is -1.80. The van der Waals surface area contributed by atoms with Gasteiger partial charge in [-0.2, -0.15) is 0 Å². The third kappa shape index (κ3) is 5.56. The molecule has 0 fully saturated rings. The SMILES string of the molecule is CCCc1nc2c(C)cc(C(=O)N[C@H](Cc3ccccc3)[C@@H](O)C(=O)O)cc2n1CC(=O)O. The Bertz CT molecular complexity index is 1170. The van der Waals surface area contributed by atoms with Crippen LogP contribution in [0.5, 0.6) is 0 Å². The number of benzene rings is 2. The standard InChI is InChI=1S/C24H27N3O6/c1-3-7-19-26-21-14(2)10-16(12-18(21)27(19)13-20(28)29)23(31)25-17(22(30)24(32)33)11-15-8-5-4-6-9-15/h4-6,8-10,12,17,22,30H,3,7,11,13H2,1-2H3,(H,25,31)(H,28,29)(H,32,33)/t17-,22-/m1/s1. The number of fused-ring (bicyclic) bond motifs is 1. The number of hydrogen-bond donors (Lipinski definition) is 4. The molecule has 9 heteroatoms. The van der Waals surface area contributed by atoms with Gasteiger partial charge in [-0.3, -0.25) is 9.59 Å². The Balaban J connectivity index is 1.96. The van der Waals surface area contributed by atoms with Gasteiger partial charge in [-0.05, 0) is 43.0 Å². The first-order valence-electron chi connectivity index (χ1n) is 10.7. The number of hydrogen-bond acceptors (Lipinski definition) is 5. The summed E-state index contributed by atoms with van der Waals surface area (Å²) < 4.78 is 1.58. The van der Waals surface area contributed by atoms with Crippen molar-refractivity contribution in [2.75, 3.05) is 0 Å². The van der Waals surface area contributed by atoms with Gasteiger partial charge in [0.05, 0.1) is 17.1 Å². The van der Waals surface area contributed by atoms with Gasteiger partial charge in [0.15, 0.2) is 6.10 Å². The zero-order valence-electron chi connectivity index (χ0n) is 18.5. The predicted octanol–water partition coefficient (Wildman–Crippen LogP) is 2.17. The number of aromatic nitrogens is 2. The smallest absolute Gasteiger partial charge is 0.334 e. The zero-order valence-corrected chi connectivity index (χ0v) is 18.5. The Labute approximate surface area is 190 Å². The average Bonchev–Trinajstić information content (AvgIpc) is 3.10. The number of aryl methyl sites for hydroxylation is 2. The van der Waals surface area contributed by atoms with Crippen molar-refractivity contribution in [1.29, 1.82) is 0 Å². The Hall–Kier alpha value is -3.72. The quantitative estimate of drug-likeness (QED) is 0.368. The molecule has 2 aromatic carbocycles. The maximum Gasteiger partial charge on any atom is 0.334 e. The van der Waals surface area contributed by atoms with Crippen LogP contribution in [-0.2, 0) is 29.0 Å². The van der Waals surface area contributed by atoms with E-state index in [1.807, 2.05) is 13.0 Å². The van der Waals surface area contributed by atoms with E-state index in [1.54, 1.807) is 47.9 Å². The molecular formula is C24H27N3O6. The Morgan fingerprint density at radius 3 is 2.42 bits per heavy atom. The van der Waals surface area contributed by atoms with Crippen molar-refractivity contribution in [1.82, 2.24) is 14.9 Å². The number of rotatable bonds is 10. The molecule has 174 valence electrons. The number of aliphatic carboxylic acids is 2. The highest BCUT2D eigenvalue weighted by Crippen LogP contribution is 2.23. The van der Waals surface area contributed by atoms with Gasteiger partial charge in [-0.15, -0.1) is 0 Å². The van der Waals surface area contributed by atoms with Gasteiger partial charge in [0, 0.05) is 12.0 Å². The van der Waals surface area contributed by atoms with Gasteiger partial charge in [-0.25, -0.2) is 9.78 Å². The number of amides is 1. The fourth-order valence-electron chi connectivity index (χ4n) is 3.83. The Morgan fingerprint density at radius 1 is 1.12 bits per heavy atom. The van der Waals surface area contributed by atoms with Crippen LogP contribution < -0.4 is 5.32 Å². The summed E-state index contributed by atoms with van der Waals surface area (Å²) >= 11 is 0. The number of imidazole rings is 1. The third-order valence-corrected chi connectivity index (χ3v) is 5.40. The van der Waals surface area contributed by atoms with Gasteiger partial charge in [0.25, 0.3) is 5.91 Å². The first-order chi connectivity index (χ1) is 15.7. The molecule has 0 aliphatic heterocycles. The number of nitrogens with zero attached hydrogens (tertiary/aromatic N) is 2. The number of aliphatic hydroxyl groups is 1. The number of carbonyl (C=O) groups excluding carboxylic acids is 1. The molecule has 0 radical (unpaired) electrons. The fraction of sp³-hybridized carbons (Fsp3) is 0.333. The van der Waals surface area contributed by atoms with E-state index in [9.17, 15) is 29.7 Å². The van der Waals surface area contributed by atoms with Gasteiger partial charge >= 0.3 is 11.9 Å². The highest BCUT2D eigenvalue weighted by Gasteiger charge is 2.28. The number of nitrogens with one attached hydrogen (secondary N) is 1. The van der Waals surface area contributed by atoms with Crippen molar-refractivity contribution in [3.8, 4) is 0 Å². The molecule has 0 bridgehead atoms. The summed E-state index contributed by atoms with van der Waals surface area (Å²) in [6, 6.07) is 11.1. The molecule has 33 heavy (non-hydrogen) atoms. The van der Waals surface area contributed by atoms with Crippen LogP contribution in [-0.4, -0.2) is 54.9 Å². The van der Waals surface area contributed by atoms with E-state index in [4.69, 9.17) is 0 Å². The molecule has 0 saturated carbocycles. The molecule has 0 aliphatic rings. The van der Waals surface area contributed by atoms with Gasteiger partial charge in [0.1, 0.15) is 12.4 Å². The first kappa shape index (κ1) is 23.9. The van der Waals surface area contributed by atoms with Crippen molar-refractivity contribution in [2.45, 2.75) is 51.8 Å². The van der Waals surface area contributed by atoms with Crippen LogP contribution in [0.2, 0.25) is 0 Å². The molecule has 4 N–H and O–H groups in total. The molecule has 0 unspecified atom stereocenters. The molecule has 0 spiro atoms. The monoisotopic (exact) mass is 453 g/mol. The molecule has 3 rings (SSSR count). The molecule has 9 nitrogen and oxygen atoms in total. The van der Waals surface area contributed by atoms with Crippen molar-refractivity contribution >= 4 is 28.9 Å². The maximum absolute atomic E-state index is 13.1. The average molecular weight is 453 g/mol. The molecule has 2 atom stereocenters. The predicted molar refractivity (Wildman–Crippen MR) is 121 cm³/mol. The lowest BCUT2D eigenvalue weighted by Gasteiger charge is -2.22. The minimum Gasteiger partial charge on any atom is -0.480 e. The summed E-state index contributed by atoms with van der Waals surface area (Å²) in [6.07, 6.45) is -0.303. The second-order valence-electron chi connectivity index (χ2n) is 7.97. The molecule has 0 aliphatic carbocycles. The van der Waals surface area contributed by atoms with E-state index in [0.717, 1.165) is 12.0 Å². The lowest BCUT2D eigenvalue weighted by molar-refractivity contribution is -0.148. The normalized spacial score (nSPS) is 12.9. The summed E-state index contributed by atoms with van der Waals surface area (Å²) in [5.74, 6) is -2.40. The van der Waals surface area contributed by atoms with Gasteiger partial charge in [-0.1, -0.05) is 37.3 Å². The highest BCUT2D eigenvalue weighted by molar-refractivity contribution is 5.99. The number of aliphatic hydroxyl groups excluding tert-OH is 1. The second kappa shape index (κ2) is 10.3.